The van der Waals surface area contributed by atoms with Crippen molar-refractivity contribution in [3.63, 3.8) is 0 Å². The molecule has 1 N–H and O–H groups in total. The Hall–Kier alpha value is -0.450. The number of aryl methyl sites for hydroxylation is 1. The summed E-state index contributed by atoms with van der Waals surface area (Å²) < 4.78 is 0. The maximum Gasteiger partial charge on any atom is 0.0797 e. The summed E-state index contributed by atoms with van der Waals surface area (Å²) in [7, 11) is 2.22. The predicted molar refractivity (Wildman–Crippen MR) is 73.6 cm³/mol. The van der Waals surface area contributed by atoms with E-state index in [9.17, 15) is 0 Å². The fourth-order valence-corrected chi connectivity index (χ4v) is 3.38. The molecule has 0 aliphatic carbocycles. The largest absolute Gasteiger partial charge is 0.313 e. The second kappa shape index (κ2) is 5.94. The Morgan fingerprint density at radius 3 is 3.06 bits per heavy atom. The van der Waals surface area contributed by atoms with E-state index in [4.69, 9.17) is 0 Å². The molecular weight excluding hydrogens is 230 g/mol. The molecule has 0 bridgehead atoms. The van der Waals surface area contributed by atoms with Crippen LogP contribution in [0.2, 0.25) is 0 Å². The number of aromatic nitrogens is 1. The van der Waals surface area contributed by atoms with Gasteiger partial charge < -0.3 is 10.2 Å². The van der Waals surface area contributed by atoms with Gasteiger partial charge in [-0.05, 0) is 39.3 Å². The van der Waals surface area contributed by atoms with Crippen LogP contribution in [-0.4, -0.2) is 42.6 Å². The molecule has 1 fully saturated rings. The summed E-state index contributed by atoms with van der Waals surface area (Å²) >= 11 is 1.78. The number of rotatable bonds is 4. The van der Waals surface area contributed by atoms with Gasteiger partial charge in [-0.25, -0.2) is 4.98 Å². The van der Waals surface area contributed by atoms with Gasteiger partial charge in [-0.2, -0.15) is 0 Å². The van der Waals surface area contributed by atoms with E-state index in [0.717, 1.165) is 18.9 Å². The van der Waals surface area contributed by atoms with Crippen LogP contribution in [0.15, 0.2) is 5.51 Å². The minimum absolute atomic E-state index is 0.694. The van der Waals surface area contributed by atoms with Crippen LogP contribution in [0.4, 0.5) is 0 Å². The summed E-state index contributed by atoms with van der Waals surface area (Å²) in [6, 6.07) is 0.694. The van der Waals surface area contributed by atoms with Crippen LogP contribution in [-0.2, 0) is 6.42 Å². The lowest BCUT2D eigenvalue weighted by molar-refractivity contribution is 0.176. The van der Waals surface area contributed by atoms with Crippen LogP contribution in [0.5, 0.6) is 0 Å². The van der Waals surface area contributed by atoms with Gasteiger partial charge in [-0.1, -0.05) is 6.92 Å². The molecule has 0 amide bonds. The van der Waals surface area contributed by atoms with E-state index >= 15 is 0 Å². The first-order valence-electron chi connectivity index (χ1n) is 6.47. The van der Waals surface area contributed by atoms with Crippen molar-refractivity contribution in [1.82, 2.24) is 15.2 Å². The van der Waals surface area contributed by atoms with Crippen LogP contribution in [0, 0.1) is 12.8 Å². The van der Waals surface area contributed by atoms with Gasteiger partial charge in [-0.15, -0.1) is 11.3 Å². The maximum atomic E-state index is 4.29. The molecule has 3 nitrogen and oxygen atoms in total. The van der Waals surface area contributed by atoms with Gasteiger partial charge in [0.15, 0.2) is 0 Å². The van der Waals surface area contributed by atoms with Gasteiger partial charge in [0.25, 0.3) is 0 Å². The minimum atomic E-state index is 0.694. The Labute approximate surface area is 108 Å². The molecule has 0 aromatic carbocycles. The average molecular weight is 253 g/mol. The van der Waals surface area contributed by atoms with E-state index in [1.807, 2.05) is 5.51 Å². The Bertz CT molecular complexity index is 350. The first-order chi connectivity index (χ1) is 8.16. The third kappa shape index (κ3) is 3.50. The van der Waals surface area contributed by atoms with Gasteiger partial charge >= 0.3 is 0 Å². The molecule has 2 rings (SSSR count). The minimum Gasteiger partial charge on any atom is -0.313 e. The van der Waals surface area contributed by atoms with E-state index < -0.39 is 0 Å². The summed E-state index contributed by atoms with van der Waals surface area (Å²) in [6.45, 7) is 7.98. The van der Waals surface area contributed by atoms with E-state index in [0.29, 0.717) is 6.04 Å². The molecule has 17 heavy (non-hydrogen) atoms. The zero-order chi connectivity index (χ0) is 12.3. The fourth-order valence-electron chi connectivity index (χ4n) is 2.59. The van der Waals surface area contributed by atoms with Crippen molar-refractivity contribution in [1.29, 1.82) is 0 Å². The lowest BCUT2D eigenvalue weighted by atomic mass is 9.94. The zero-order valence-electron chi connectivity index (χ0n) is 11.1. The maximum absolute atomic E-state index is 4.29. The highest BCUT2D eigenvalue weighted by Gasteiger charge is 2.23. The molecule has 0 saturated carbocycles. The van der Waals surface area contributed by atoms with Gasteiger partial charge in [-0.3, -0.25) is 0 Å². The average Bonchev–Trinajstić information content (AvgIpc) is 2.68. The lowest BCUT2D eigenvalue weighted by Crippen LogP contribution is -2.47. The SMILES string of the molecule is Cc1ncsc1CCNC1CCN(C)CC1C. The third-order valence-corrected chi connectivity index (χ3v) is 4.71. The van der Waals surface area contributed by atoms with Crippen LogP contribution in [0.3, 0.4) is 0 Å². The highest BCUT2D eigenvalue weighted by Crippen LogP contribution is 2.16. The summed E-state index contributed by atoms with van der Waals surface area (Å²) in [4.78, 5) is 8.15. The Balaban J connectivity index is 1.73. The molecule has 96 valence electrons. The number of hydrogen-bond acceptors (Lipinski definition) is 4. The molecule has 1 aromatic rings. The number of thiazole rings is 1. The number of piperidine rings is 1. The van der Waals surface area contributed by atoms with Crippen molar-refractivity contribution in [3.05, 3.63) is 16.1 Å². The normalized spacial score (nSPS) is 26.3. The van der Waals surface area contributed by atoms with Crippen molar-refractivity contribution in [2.45, 2.75) is 32.7 Å². The first-order valence-corrected chi connectivity index (χ1v) is 7.35. The van der Waals surface area contributed by atoms with Crippen LogP contribution in [0.1, 0.15) is 23.9 Å². The zero-order valence-corrected chi connectivity index (χ0v) is 11.9. The van der Waals surface area contributed by atoms with Crippen molar-refractivity contribution in [3.8, 4) is 0 Å². The molecule has 2 atom stereocenters. The standard InChI is InChI=1S/C13H23N3S/c1-10-8-16(3)7-5-12(10)14-6-4-13-11(2)15-9-17-13/h9-10,12,14H,4-8H2,1-3H3. The molecule has 1 aliphatic rings. The smallest absolute Gasteiger partial charge is 0.0797 e. The topological polar surface area (TPSA) is 28.2 Å². The van der Waals surface area contributed by atoms with E-state index in [1.54, 1.807) is 11.3 Å². The first kappa shape index (κ1) is 13.0. The molecule has 2 heterocycles. The molecule has 0 radical (unpaired) electrons. The molecule has 1 saturated heterocycles. The van der Waals surface area contributed by atoms with Crippen molar-refractivity contribution in [2.75, 3.05) is 26.7 Å². The van der Waals surface area contributed by atoms with Crippen molar-refractivity contribution < 1.29 is 0 Å². The van der Waals surface area contributed by atoms with Crippen molar-refractivity contribution in [2.24, 2.45) is 5.92 Å². The molecule has 4 heteroatoms. The van der Waals surface area contributed by atoms with Gasteiger partial charge in [0.2, 0.25) is 0 Å². The monoisotopic (exact) mass is 253 g/mol. The second-order valence-corrected chi connectivity index (χ2v) is 6.14. The molecular formula is C13H23N3S. The summed E-state index contributed by atoms with van der Waals surface area (Å²) in [5.74, 6) is 0.760. The van der Waals surface area contributed by atoms with Crippen LogP contribution < -0.4 is 5.32 Å². The quantitative estimate of drug-likeness (QED) is 0.888. The van der Waals surface area contributed by atoms with Crippen molar-refractivity contribution >= 4 is 11.3 Å². The number of likely N-dealkylation sites (tertiary alicyclic amines) is 1. The highest BCUT2D eigenvalue weighted by molar-refractivity contribution is 7.09. The predicted octanol–water partition coefficient (Wildman–Crippen LogP) is 1.92. The summed E-state index contributed by atoms with van der Waals surface area (Å²) in [6.07, 6.45) is 2.40. The van der Waals surface area contributed by atoms with Crippen LogP contribution >= 0.6 is 11.3 Å². The third-order valence-electron chi connectivity index (χ3n) is 3.71. The molecule has 1 aliphatic heterocycles. The second-order valence-electron chi connectivity index (χ2n) is 5.20. The number of nitrogens with one attached hydrogen (secondary N) is 1. The highest BCUT2D eigenvalue weighted by atomic mass is 32.1. The van der Waals surface area contributed by atoms with E-state index in [2.05, 4.69) is 36.1 Å². The molecule has 2 unspecified atom stereocenters. The van der Waals surface area contributed by atoms with E-state index in [1.165, 1.54) is 30.1 Å². The summed E-state index contributed by atoms with van der Waals surface area (Å²) in [5.41, 5.74) is 3.15. The fraction of sp³-hybridized carbons (Fsp3) is 0.769. The Kier molecular flexibility index (Phi) is 4.54. The number of nitrogens with zero attached hydrogens (tertiary/aromatic N) is 2. The molecule has 1 aromatic heterocycles. The number of hydrogen-bond donors (Lipinski definition) is 1. The van der Waals surface area contributed by atoms with Gasteiger partial charge in [0.05, 0.1) is 11.2 Å². The summed E-state index contributed by atoms with van der Waals surface area (Å²) in [5, 5.41) is 3.71. The van der Waals surface area contributed by atoms with E-state index in [-0.39, 0.29) is 0 Å². The van der Waals surface area contributed by atoms with Gasteiger partial charge in [0, 0.05) is 24.0 Å². The lowest BCUT2D eigenvalue weighted by Gasteiger charge is -2.35. The van der Waals surface area contributed by atoms with Gasteiger partial charge in [0.1, 0.15) is 0 Å². The molecule has 0 spiro atoms. The Morgan fingerprint density at radius 2 is 2.41 bits per heavy atom. The van der Waals surface area contributed by atoms with Crippen LogP contribution in [0.25, 0.3) is 0 Å². The Morgan fingerprint density at radius 1 is 1.59 bits per heavy atom.